The van der Waals surface area contributed by atoms with Crippen molar-refractivity contribution in [2.24, 2.45) is 5.73 Å². The molecule has 3 aromatic carbocycles. The lowest BCUT2D eigenvalue weighted by Gasteiger charge is -2.28. The van der Waals surface area contributed by atoms with Crippen LogP contribution in [0.3, 0.4) is 0 Å². The van der Waals surface area contributed by atoms with Gasteiger partial charge in [-0.2, -0.15) is 0 Å². The van der Waals surface area contributed by atoms with E-state index in [2.05, 4.69) is 10.3 Å². The summed E-state index contributed by atoms with van der Waals surface area (Å²) in [6.07, 6.45) is 2.36. The second-order valence-electron chi connectivity index (χ2n) is 9.77. The number of thioether (sulfide) groups is 1. The number of ether oxygens (including phenoxy) is 2. The smallest absolute Gasteiger partial charge is 0.173 e. The summed E-state index contributed by atoms with van der Waals surface area (Å²) in [5, 5.41) is 3.93. The number of halogens is 4. The summed E-state index contributed by atoms with van der Waals surface area (Å²) in [6, 6.07) is 13.9. The van der Waals surface area contributed by atoms with Gasteiger partial charge in [-0.3, -0.25) is 4.57 Å². The fraction of sp³-hybridized carbons (Fsp3) is 0.300. The van der Waals surface area contributed by atoms with Gasteiger partial charge in [-0.25, -0.2) is 18.2 Å². The minimum absolute atomic E-state index is 0.0226. The van der Waals surface area contributed by atoms with Gasteiger partial charge in [0.1, 0.15) is 29.0 Å². The Bertz CT molecular complexity index is 1460. The van der Waals surface area contributed by atoms with Crippen LogP contribution in [0, 0.1) is 17.5 Å². The highest BCUT2D eigenvalue weighted by Gasteiger charge is 2.30. The molecule has 1 heterocycles. The highest BCUT2D eigenvalue weighted by molar-refractivity contribution is 7.98. The van der Waals surface area contributed by atoms with E-state index in [9.17, 15) is 13.2 Å². The zero-order valence-corrected chi connectivity index (χ0v) is 24.6. The van der Waals surface area contributed by atoms with Crippen LogP contribution in [0.2, 0.25) is 5.02 Å². The van der Waals surface area contributed by atoms with Gasteiger partial charge in [0, 0.05) is 41.2 Å². The lowest BCUT2D eigenvalue weighted by atomic mass is 9.81. The Hall–Kier alpha value is -3.18. The van der Waals surface area contributed by atoms with Crippen LogP contribution >= 0.6 is 23.4 Å². The Kier molecular flexibility index (Phi) is 10.2. The van der Waals surface area contributed by atoms with Gasteiger partial charge in [0.05, 0.1) is 30.6 Å². The van der Waals surface area contributed by atoms with Crippen molar-refractivity contribution in [3.8, 4) is 17.2 Å². The average Bonchev–Trinajstić information content (AvgIpc) is 3.38. The van der Waals surface area contributed by atoms with Crippen molar-refractivity contribution in [1.29, 1.82) is 0 Å². The maximum Gasteiger partial charge on any atom is 0.173 e. The van der Waals surface area contributed by atoms with E-state index < -0.39 is 17.0 Å². The van der Waals surface area contributed by atoms with E-state index in [1.807, 2.05) is 30.5 Å². The van der Waals surface area contributed by atoms with E-state index >= 15 is 0 Å². The first-order valence-electron chi connectivity index (χ1n) is 13.0. The van der Waals surface area contributed by atoms with Gasteiger partial charge >= 0.3 is 0 Å². The van der Waals surface area contributed by atoms with Gasteiger partial charge in [-0.15, -0.1) is 0 Å². The summed E-state index contributed by atoms with van der Waals surface area (Å²) in [4.78, 5) is 4.61. The lowest BCUT2D eigenvalue weighted by Crippen LogP contribution is -2.24. The summed E-state index contributed by atoms with van der Waals surface area (Å²) >= 11 is 7.43. The number of nitrogens with zero attached hydrogens (tertiary/aromatic N) is 2. The summed E-state index contributed by atoms with van der Waals surface area (Å²) in [5.74, 6) is -1.16. The number of rotatable bonds is 13. The molecule has 0 spiro atoms. The largest absolute Gasteiger partial charge is 0.495 e. The zero-order chi connectivity index (χ0) is 29.6. The molecule has 1 aromatic heterocycles. The molecule has 0 amide bonds. The quantitative estimate of drug-likeness (QED) is 0.0988. The van der Waals surface area contributed by atoms with Crippen molar-refractivity contribution >= 4 is 23.4 Å². The van der Waals surface area contributed by atoms with Crippen molar-refractivity contribution in [2.45, 2.75) is 36.6 Å². The second-order valence-corrected chi connectivity index (χ2v) is 11.1. The van der Waals surface area contributed by atoms with Crippen LogP contribution in [0.25, 0.3) is 5.69 Å². The van der Waals surface area contributed by atoms with Crippen molar-refractivity contribution in [2.75, 3.05) is 26.9 Å². The van der Waals surface area contributed by atoms with Gasteiger partial charge < -0.3 is 20.5 Å². The SMILES string of the molecule is COc1cc(C(C)(C)c2cnc(SCc3c(F)cc(OCCCNCN)cc3F)n2-c2ccc(F)cc2)ccc1Cl. The van der Waals surface area contributed by atoms with Gasteiger partial charge in [-0.05, 0) is 54.9 Å². The molecule has 218 valence electrons. The minimum atomic E-state index is -0.707. The van der Waals surface area contributed by atoms with E-state index in [1.54, 1.807) is 31.5 Å². The Morgan fingerprint density at radius 1 is 1.05 bits per heavy atom. The summed E-state index contributed by atoms with van der Waals surface area (Å²) < 4.78 is 56.6. The third kappa shape index (κ3) is 7.19. The normalized spacial score (nSPS) is 11.6. The zero-order valence-electron chi connectivity index (χ0n) is 23.0. The number of imidazole rings is 1. The van der Waals surface area contributed by atoms with Gasteiger partial charge in [0.15, 0.2) is 5.16 Å². The third-order valence-corrected chi connectivity index (χ3v) is 7.99. The van der Waals surface area contributed by atoms with Crippen LogP contribution in [0.15, 0.2) is 66.0 Å². The molecule has 0 unspecified atom stereocenters. The Morgan fingerprint density at radius 3 is 2.41 bits per heavy atom. The molecule has 0 bridgehead atoms. The highest BCUT2D eigenvalue weighted by Crippen LogP contribution is 2.39. The van der Waals surface area contributed by atoms with Gasteiger partial charge in [0.2, 0.25) is 0 Å². The highest BCUT2D eigenvalue weighted by atomic mass is 35.5. The molecular weight excluding hydrogens is 573 g/mol. The van der Waals surface area contributed by atoms with E-state index in [4.69, 9.17) is 26.8 Å². The van der Waals surface area contributed by atoms with E-state index in [1.165, 1.54) is 36.0 Å². The number of nitrogens with one attached hydrogen (secondary N) is 1. The van der Waals surface area contributed by atoms with Crippen molar-refractivity contribution < 1.29 is 22.6 Å². The Morgan fingerprint density at radius 2 is 1.76 bits per heavy atom. The molecule has 0 saturated heterocycles. The molecule has 0 saturated carbocycles. The fourth-order valence-corrected chi connectivity index (χ4v) is 5.54. The molecule has 4 aromatic rings. The first-order valence-corrected chi connectivity index (χ1v) is 14.3. The van der Waals surface area contributed by atoms with E-state index in [0.29, 0.717) is 47.9 Å². The molecule has 0 aliphatic heterocycles. The summed E-state index contributed by atoms with van der Waals surface area (Å²) in [6.45, 7) is 5.33. The van der Waals surface area contributed by atoms with Crippen LogP contribution in [0.5, 0.6) is 11.5 Å². The van der Waals surface area contributed by atoms with E-state index in [-0.39, 0.29) is 22.9 Å². The Labute approximate surface area is 247 Å². The molecule has 0 radical (unpaired) electrons. The molecule has 3 N–H and O–H groups in total. The standard InChI is InChI=1S/C30H32ClF3N4O2S/c1-30(2,19-5-10-24(31)27(13-19)39-3)28-16-37-29(38(28)21-8-6-20(32)7-9-21)41-17-23-25(33)14-22(15-26(23)34)40-12-4-11-36-18-35/h5-10,13-16,36H,4,11-12,17-18,35H2,1-3H3. The van der Waals surface area contributed by atoms with Crippen molar-refractivity contribution in [1.82, 2.24) is 14.9 Å². The van der Waals surface area contributed by atoms with E-state index in [0.717, 1.165) is 11.3 Å². The molecule has 4 rings (SSSR count). The molecular formula is C30H32ClF3N4O2S. The van der Waals surface area contributed by atoms with Crippen LogP contribution in [0.4, 0.5) is 13.2 Å². The van der Waals surface area contributed by atoms with Crippen LogP contribution in [-0.4, -0.2) is 36.5 Å². The summed E-state index contributed by atoms with van der Waals surface area (Å²) in [5.41, 5.74) is 7.03. The first kappa shape index (κ1) is 30.8. The average molecular weight is 605 g/mol. The van der Waals surface area contributed by atoms with Crippen molar-refractivity contribution in [3.63, 3.8) is 0 Å². The predicted molar refractivity (Wildman–Crippen MR) is 157 cm³/mol. The molecule has 41 heavy (non-hydrogen) atoms. The number of methoxy groups -OCH3 is 1. The van der Waals surface area contributed by atoms with Gasteiger partial charge in [0.25, 0.3) is 0 Å². The maximum absolute atomic E-state index is 15.0. The lowest BCUT2D eigenvalue weighted by molar-refractivity contribution is 0.305. The first-order chi connectivity index (χ1) is 19.6. The van der Waals surface area contributed by atoms with Crippen LogP contribution in [-0.2, 0) is 11.2 Å². The Balaban J connectivity index is 1.63. The maximum atomic E-state index is 15.0. The summed E-state index contributed by atoms with van der Waals surface area (Å²) in [7, 11) is 1.55. The second kappa shape index (κ2) is 13.7. The van der Waals surface area contributed by atoms with Crippen LogP contribution < -0.4 is 20.5 Å². The number of hydrogen-bond acceptors (Lipinski definition) is 6. The molecule has 0 aliphatic rings. The monoisotopic (exact) mass is 604 g/mol. The topological polar surface area (TPSA) is 74.3 Å². The minimum Gasteiger partial charge on any atom is -0.495 e. The molecule has 11 heteroatoms. The molecule has 0 atom stereocenters. The molecule has 0 fully saturated rings. The van der Waals surface area contributed by atoms with Crippen LogP contribution in [0.1, 0.15) is 37.1 Å². The number of aromatic nitrogens is 2. The number of benzene rings is 3. The third-order valence-electron chi connectivity index (χ3n) is 6.70. The number of hydrogen-bond donors (Lipinski definition) is 2. The van der Waals surface area contributed by atoms with Crippen molar-refractivity contribution in [3.05, 3.63) is 100 Å². The number of nitrogens with two attached hydrogens (primary N) is 1. The predicted octanol–water partition coefficient (Wildman–Crippen LogP) is 6.84. The molecule has 0 aliphatic carbocycles. The fourth-order valence-electron chi connectivity index (χ4n) is 4.34. The molecule has 6 nitrogen and oxygen atoms in total. The van der Waals surface area contributed by atoms with Gasteiger partial charge in [-0.1, -0.05) is 43.3 Å².